The third-order valence-electron chi connectivity index (χ3n) is 4.95. The number of nitrogens with zero attached hydrogens (tertiary/aromatic N) is 3. The molecule has 0 aliphatic carbocycles. The molecule has 0 saturated heterocycles. The van der Waals surface area contributed by atoms with Gasteiger partial charge in [-0.25, -0.2) is 9.97 Å². The van der Waals surface area contributed by atoms with E-state index in [0.29, 0.717) is 12.2 Å². The van der Waals surface area contributed by atoms with Crippen molar-refractivity contribution in [2.24, 2.45) is 0 Å². The number of benzene rings is 2. The van der Waals surface area contributed by atoms with Gasteiger partial charge in [0.1, 0.15) is 23.6 Å². The van der Waals surface area contributed by atoms with E-state index in [9.17, 15) is 4.79 Å². The van der Waals surface area contributed by atoms with E-state index >= 15 is 0 Å². The largest absolute Gasteiger partial charge is 0.497 e. The lowest BCUT2D eigenvalue weighted by Crippen LogP contribution is -2.31. The summed E-state index contributed by atoms with van der Waals surface area (Å²) in [5, 5.41) is 2.91. The van der Waals surface area contributed by atoms with E-state index < -0.39 is 0 Å². The van der Waals surface area contributed by atoms with Gasteiger partial charge in [0.05, 0.1) is 7.11 Å². The van der Waals surface area contributed by atoms with Gasteiger partial charge in [0.15, 0.2) is 0 Å². The van der Waals surface area contributed by atoms with E-state index in [4.69, 9.17) is 4.74 Å². The molecule has 0 saturated carbocycles. The van der Waals surface area contributed by atoms with Gasteiger partial charge < -0.3 is 15.0 Å². The lowest BCUT2D eigenvalue weighted by molar-refractivity contribution is 0.0945. The number of anilines is 1. The number of carbonyl (C=O) groups excluding carboxylic acids is 1. The molecule has 6 heteroatoms. The molecule has 6 nitrogen and oxygen atoms in total. The van der Waals surface area contributed by atoms with Gasteiger partial charge >= 0.3 is 0 Å². The van der Waals surface area contributed by atoms with Crippen LogP contribution in [-0.2, 0) is 19.5 Å². The zero-order valence-corrected chi connectivity index (χ0v) is 15.8. The minimum atomic E-state index is -0.211. The minimum absolute atomic E-state index is 0.211. The maximum atomic E-state index is 12.5. The molecular formula is C22H22N4O2. The first-order valence-electron chi connectivity index (χ1n) is 9.28. The van der Waals surface area contributed by atoms with E-state index in [0.717, 1.165) is 36.6 Å². The first-order valence-corrected chi connectivity index (χ1v) is 9.28. The van der Waals surface area contributed by atoms with Gasteiger partial charge in [-0.2, -0.15) is 0 Å². The first kappa shape index (κ1) is 18.0. The Hall–Kier alpha value is -3.41. The standard InChI is InChI=1S/C22H22N4O2/c1-28-19-8-6-16(7-9-19)13-23-22(27)20-12-21(25-15-24-20)26-11-10-17-4-2-3-5-18(17)14-26/h2-9,12,15H,10-11,13-14H2,1H3,(H,23,27). The van der Waals surface area contributed by atoms with Crippen LogP contribution in [0.5, 0.6) is 5.75 Å². The molecule has 0 unspecified atom stereocenters. The van der Waals surface area contributed by atoms with E-state index in [1.54, 1.807) is 13.2 Å². The average Bonchev–Trinajstić information content (AvgIpc) is 2.77. The van der Waals surface area contributed by atoms with E-state index in [2.05, 4.69) is 44.5 Å². The number of hydrogen-bond acceptors (Lipinski definition) is 5. The van der Waals surface area contributed by atoms with Crippen molar-refractivity contribution in [2.75, 3.05) is 18.6 Å². The van der Waals surface area contributed by atoms with Crippen LogP contribution in [0.1, 0.15) is 27.2 Å². The summed E-state index contributed by atoms with van der Waals surface area (Å²) >= 11 is 0. The number of amides is 1. The van der Waals surface area contributed by atoms with Gasteiger partial charge in [-0.3, -0.25) is 4.79 Å². The Morgan fingerprint density at radius 2 is 1.89 bits per heavy atom. The Morgan fingerprint density at radius 1 is 1.11 bits per heavy atom. The van der Waals surface area contributed by atoms with E-state index in [-0.39, 0.29) is 5.91 Å². The topological polar surface area (TPSA) is 67.3 Å². The molecule has 4 rings (SSSR count). The summed E-state index contributed by atoms with van der Waals surface area (Å²) in [5.74, 6) is 1.36. The summed E-state index contributed by atoms with van der Waals surface area (Å²) in [4.78, 5) is 23.2. The second-order valence-corrected chi connectivity index (χ2v) is 6.73. The number of carbonyl (C=O) groups is 1. The normalized spacial score (nSPS) is 13.0. The summed E-state index contributed by atoms with van der Waals surface area (Å²) < 4.78 is 5.15. The average molecular weight is 374 g/mol. The molecule has 0 atom stereocenters. The van der Waals surface area contributed by atoms with Gasteiger partial charge in [-0.05, 0) is 35.2 Å². The van der Waals surface area contributed by atoms with Gasteiger partial charge in [-0.1, -0.05) is 36.4 Å². The Bertz CT molecular complexity index is 972. The summed E-state index contributed by atoms with van der Waals surface area (Å²) in [6, 6.07) is 17.8. The number of fused-ring (bicyclic) bond motifs is 1. The maximum Gasteiger partial charge on any atom is 0.270 e. The van der Waals surface area contributed by atoms with Crippen LogP contribution in [0.2, 0.25) is 0 Å². The second kappa shape index (κ2) is 8.08. The zero-order chi connectivity index (χ0) is 19.3. The Balaban J connectivity index is 1.42. The third-order valence-corrected chi connectivity index (χ3v) is 4.95. The fraction of sp³-hybridized carbons (Fsp3) is 0.227. The number of ether oxygens (including phenoxy) is 1. The van der Waals surface area contributed by atoms with Crippen molar-refractivity contribution in [1.82, 2.24) is 15.3 Å². The van der Waals surface area contributed by atoms with E-state index in [1.165, 1.54) is 17.5 Å². The molecular weight excluding hydrogens is 352 g/mol. The monoisotopic (exact) mass is 374 g/mol. The molecule has 1 N–H and O–H groups in total. The third kappa shape index (κ3) is 3.96. The van der Waals surface area contributed by atoms with Crippen molar-refractivity contribution in [3.05, 3.63) is 83.3 Å². The van der Waals surface area contributed by atoms with Crippen LogP contribution < -0.4 is 15.0 Å². The molecule has 1 aliphatic rings. The van der Waals surface area contributed by atoms with Crippen molar-refractivity contribution in [3.8, 4) is 5.75 Å². The Kier molecular flexibility index (Phi) is 5.19. The van der Waals surface area contributed by atoms with Crippen LogP contribution in [0, 0.1) is 0 Å². The van der Waals surface area contributed by atoms with Gasteiger partial charge in [0, 0.05) is 25.7 Å². The highest BCUT2D eigenvalue weighted by Crippen LogP contribution is 2.23. The molecule has 2 aromatic carbocycles. The summed E-state index contributed by atoms with van der Waals surface area (Å²) in [6.07, 6.45) is 2.43. The number of rotatable bonds is 5. The molecule has 0 radical (unpaired) electrons. The molecule has 1 amide bonds. The highest BCUT2D eigenvalue weighted by atomic mass is 16.5. The van der Waals surface area contributed by atoms with E-state index in [1.807, 2.05) is 24.3 Å². The quantitative estimate of drug-likeness (QED) is 0.744. The number of nitrogens with one attached hydrogen (secondary N) is 1. The molecule has 0 fully saturated rings. The predicted molar refractivity (Wildman–Crippen MR) is 107 cm³/mol. The fourth-order valence-electron chi connectivity index (χ4n) is 3.35. The van der Waals surface area contributed by atoms with Crippen LogP contribution in [0.25, 0.3) is 0 Å². The molecule has 1 aliphatic heterocycles. The summed E-state index contributed by atoms with van der Waals surface area (Å²) in [5.41, 5.74) is 4.05. The second-order valence-electron chi connectivity index (χ2n) is 6.73. The molecule has 2 heterocycles. The molecule has 0 bridgehead atoms. The van der Waals surface area contributed by atoms with Gasteiger partial charge in [0.2, 0.25) is 0 Å². The maximum absolute atomic E-state index is 12.5. The van der Waals surface area contributed by atoms with Crippen molar-refractivity contribution < 1.29 is 9.53 Å². The highest BCUT2D eigenvalue weighted by Gasteiger charge is 2.18. The number of aromatic nitrogens is 2. The Morgan fingerprint density at radius 3 is 2.68 bits per heavy atom. The molecule has 28 heavy (non-hydrogen) atoms. The predicted octanol–water partition coefficient (Wildman–Crippen LogP) is 2.98. The number of hydrogen-bond donors (Lipinski definition) is 1. The lowest BCUT2D eigenvalue weighted by atomic mass is 10.00. The van der Waals surface area contributed by atoms with Crippen LogP contribution in [-0.4, -0.2) is 29.5 Å². The zero-order valence-electron chi connectivity index (χ0n) is 15.8. The van der Waals surface area contributed by atoms with Crippen LogP contribution in [0.15, 0.2) is 60.9 Å². The fourth-order valence-corrected chi connectivity index (χ4v) is 3.35. The molecule has 0 spiro atoms. The molecule has 142 valence electrons. The smallest absolute Gasteiger partial charge is 0.270 e. The van der Waals surface area contributed by atoms with Crippen molar-refractivity contribution >= 4 is 11.7 Å². The SMILES string of the molecule is COc1ccc(CNC(=O)c2cc(N3CCc4ccccc4C3)ncn2)cc1. The van der Waals surface area contributed by atoms with Crippen molar-refractivity contribution in [1.29, 1.82) is 0 Å². The van der Waals surface area contributed by atoms with Crippen molar-refractivity contribution in [3.63, 3.8) is 0 Å². The highest BCUT2D eigenvalue weighted by molar-refractivity contribution is 5.92. The number of methoxy groups -OCH3 is 1. The van der Waals surface area contributed by atoms with Gasteiger partial charge in [0.25, 0.3) is 5.91 Å². The Labute approximate surface area is 164 Å². The van der Waals surface area contributed by atoms with Crippen molar-refractivity contribution in [2.45, 2.75) is 19.5 Å². The molecule has 3 aromatic rings. The molecule has 1 aromatic heterocycles. The summed E-state index contributed by atoms with van der Waals surface area (Å²) in [6.45, 7) is 2.10. The van der Waals surface area contributed by atoms with Crippen LogP contribution in [0.3, 0.4) is 0 Å². The van der Waals surface area contributed by atoms with Gasteiger partial charge in [-0.15, -0.1) is 0 Å². The minimum Gasteiger partial charge on any atom is -0.497 e. The van der Waals surface area contributed by atoms with Crippen LogP contribution in [0.4, 0.5) is 5.82 Å². The summed E-state index contributed by atoms with van der Waals surface area (Å²) in [7, 11) is 1.63. The first-order chi connectivity index (χ1) is 13.7. The lowest BCUT2D eigenvalue weighted by Gasteiger charge is -2.29. The van der Waals surface area contributed by atoms with Crippen LogP contribution >= 0.6 is 0 Å².